The van der Waals surface area contributed by atoms with Crippen molar-refractivity contribution in [3.05, 3.63) is 64.1 Å². The Labute approximate surface area is 234 Å². The Kier molecular flexibility index (Phi) is 12.6. The van der Waals surface area contributed by atoms with Gasteiger partial charge in [0.05, 0.1) is 8.07 Å². The molecule has 0 saturated heterocycles. The summed E-state index contributed by atoms with van der Waals surface area (Å²) in [6, 6.07) is 0. The predicted octanol–water partition coefficient (Wildman–Crippen LogP) is 8.65. The van der Waals surface area contributed by atoms with Gasteiger partial charge in [-0.05, 0) is 58.4 Å². The van der Waals surface area contributed by atoms with Crippen LogP contribution in [0.3, 0.4) is 0 Å². The Morgan fingerprint density at radius 2 is 0.581 bits per heavy atom. The van der Waals surface area contributed by atoms with Crippen LogP contribution >= 0.6 is 0 Å². The van der Waals surface area contributed by atoms with E-state index >= 15 is 0 Å². The molecule has 0 amide bonds. The van der Waals surface area contributed by atoms with E-state index in [4.69, 9.17) is 0 Å². The van der Waals surface area contributed by atoms with Crippen molar-refractivity contribution in [2.75, 3.05) is 0 Å². The summed E-state index contributed by atoms with van der Waals surface area (Å²) in [5.74, 6) is 12.1. The van der Waals surface area contributed by atoms with Gasteiger partial charge < -0.3 is 5.67 Å². The molecule has 11 radical (unpaired) electrons. The molecule has 2 aliphatic carbocycles. The van der Waals surface area contributed by atoms with Gasteiger partial charge in [0.25, 0.3) is 0 Å². The summed E-state index contributed by atoms with van der Waals surface area (Å²) in [5, 5.41) is 0. The van der Waals surface area contributed by atoms with Crippen LogP contribution < -0.4 is 0 Å². The maximum Gasteiger partial charge on any atom is 3.00 e. The Morgan fingerprint density at radius 3 is 0.710 bits per heavy atom. The van der Waals surface area contributed by atoms with Crippen LogP contribution in [0.2, 0.25) is 52.4 Å². The van der Waals surface area contributed by atoms with Crippen molar-refractivity contribution >= 4 is 24.2 Å². The van der Waals surface area contributed by atoms with E-state index in [0.29, 0.717) is 0 Å². The summed E-state index contributed by atoms with van der Waals surface area (Å²) in [7, 11) is -3.37. The molecule has 0 heterocycles. The molecule has 31 heavy (non-hydrogen) atoms. The van der Waals surface area contributed by atoms with E-state index < -0.39 is 24.2 Å². The van der Waals surface area contributed by atoms with E-state index in [0.717, 1.165) is 0 Å². The molecule has 2 fully saturated rings. The minimum atomic E-state index is -1.65. The van der Waals surface area contributed by atoms with E-state index in [9.17, 15) is 0 Å². The first-order chi connectivity index (χ1) is 13.2. The van der Waals surface area contributed by atoms with Gasteiger partial charge in [-0.25, -0.2) is 0 Å². The SMILES string of the molecule is C[C]1[C](C)[C](C)[C]([Si](C)(C)[C]2[C](C)[C](C)[C](C)[C]2C)[C]1C.C[Si](C)(C)[CH-][Si](C)(C)C.[Sm+3]. The molecular weight excluding hydrogens is 559 g/mol. The molecule has 4 heteroatoms. The minimum Gasteiger partial charge on any atom is -0.327 e. The maximum atomic E-state index is 2.65. The van der Waals surface area contributed by atoms with E-state index in [1.165, 1.54) is 47.3 Å². The van der Waals surface area contributed by atoms with Crippen LogP contribution in [0.4, 0.5) is 0 Å². The van der Waals surface area contributed by atoms with Crippen LogP contribution in [0.15, 0.2) is 0 Å². The fraction of sp³-hybridized carbons (Fsp3) is 0.593. The van der Waals surface area contributed by atoms with Crippen LogP contribution in [-0.2, 0) is 0 Å². The molecule has 0 nitrogen and oxygen atoms in total. The van der Waals surface area contributed by atoms with Crippen LogP contribution in [0.1, 0.15) is 55.4 Å². The Balaban J connectivity index is 0.000000769. The molecule has 0 aromatic heterocycles. The smallest absolute Gasteiger partial charge is 0.327 e. The zero-order valence-corrected chi connectivity index (χ0v) is 29.1. The van der Waals surface area contributed by atoms with Crippen LogP contribution in [-0.4, -0.2) is 24.2 Å². The Morgan fingerprint density at radius 1 is 0.387 bits per heavy atom. The molecule has 0 spiro atoms. The van der Waals surface area contributed by atoms with Gasteiger partial charge in [0.15, 0.2) is 0 Å². The summed E-state index contributed by atoms with van der Waals surface area (Å²) < 4.78 is 0. The molecule has 0 bridgehead atoms. The standard InChI is InChI=1S/C20H30Si.C7H19Si2.Sm/c1-11-12(2)16(6)19(15(11)5)21(9,10)20-17(7)13(3)14(4)18(20)8;1-8(2,3)7-9(4,5)6;/h1-10H3;7H,1-6H3;/q;-1;+3. The second-order valence-corrected chi connectivity index (χ2v) is 27.1. The van der Waals surface area contributed by atoms with Gasteiger partial charge in [0, 0.05) is 0 Å². The molecule has 0 aliphatic heterocycles. The normalized spacial score (nSPS) is 24.0. The number of rotatable bonds is 4. The van der Waals surface area contributed by atoms with Crippen molar-refractivity contribution in [3.63, 3.8) is 0 Å². The van der Waals surface area contributed by atoms with Crippen molar-refractivity contribution < 1.29 is 40.4 Å². The van der Waals surface area contributed by atoms with Crippen molar-refractivity contribution in [1.29, 1.82) is 0 Å². The molecule has 0 unspecified atom stereocenters. The van der Waals surface area contributed by atoms with E-state index in [2.05, 4.69) is 113 Å². The summed E-state index contributed by atoms with van der Waals surface area (Å²) in [4.78, 5) is 0. The Bertz CT molecular complexity index is 474. The molecular formula is C27H49Si3Sm+2. The molecule has 0 atom stereocenters. The van der Waals surface area contributed by atoms with Crippen molar-refractivity contribution in [2.45, 2.75) is 108 Å². The van der Waals surface area contributed by atoms with Gasteiger partial charge >= 0.3 is 40.4 Å². The average Bonchev–Trinajstić information content (AvgIpc) is 2.85. The van der Waals surface area contributed by atoms with Gasteiger partial charge in [-0.15, -0.1) is 16.1 Å². The first-order valence-electron chi connectivity index (χ1n) is 11.6. The largest absolute Gasteiger partial charge is 3.00 e. The third kappa shape index (κ3) is 7.99. The summed E-state index contributed by atoms with van der Waals surface area (Å²) >= 11 is 0. The van der Waals surface area contributed by atoms with Gasteiger partial charge in [0.1, 0.15) is 0 Å². The predicted molar refractivity (Wildman–Crippen MR) is 146 cm³/mol. The molecule has 2 aliphatic rings. The fourth-order valence-corrected chi connectivity index (χ4v) is 20.9. The quantitative estimate of drug-likeness (QED) is 0.222. The van der Waals surface area contributed by atoms with E-state index in [1.54, 1.807) is 11.1 Å². The van der Waals surface area contributed by atoms with Crippen LogP contribution in [0, 0.1) is 104 Å². The topological polar surface area (TPSA) is 0 Å². The average molecular weight is 608 g/mol. The zero-order valence-electron chi connectivity index (χ0n) is 23.5. The van der Waals surface area contributed by atoms with Crippen LogP contribution in [0.5, 0.6) is 0 Å². The molecule has 0 aromatic rings. The van der Waals surface area contributed by atoms with Gasteiger partial charge in [-0.1, -0.05) is 108 Å². The first kappa shape index (κ1) is 33.0. The molecule has 0 N–H and O–H groups in total. The monoisotopic (exact) mass is 609 g/mol. The fourth-order valence-electron chi connectivity index (χ4n) is 5.74. The zero-order chi connectivity index (χ0) is 24.0. The third-order valence-corrected chi connectivity index (χ3v) is 17.9. The molecule has 2 saturated carbocycles. The van der Waals surface area contributed by atoms with E-state index in [1.807, 2.05) is 0 Å². The third-order valence-electron chi connectivity index (χ3n) is 6.99. The summed E-state index contributed by atoms with van der Waals surface area (Å²) in [6.07, 6.45) is 0. The number of hydrogen-bond acceptors (Lipinski definition) is 0. The summed E-state index contributed by atoms with van der Waals surface area (Å²) in [5.41, 5.74) is 6.00. The Hall–Kier alpha value is 1.99. The van der Waals surface area contributed by atoms with Gasteiger partial charge in [-0.3, -0.25) is 0 Å². The minimum absolute atomic E-state index is 0. The summed E-state index contributed by atoms with van der Waals surface area (Å²) in [6.45, 7) is 38.0. The van der Waals surface area contributed by atoms with E-state index in [-0.39, 0.29) is 40.4 Å². The second kappa shape index (κ2) is 11.8. The maximum absolute atomic E-state index is 2.65. The van der Waals surface area contributed by atoms with Gasteiger partial charge in [0.2, 0.25) is 0 Å². The number of hydrogen-bond donors (Lipinski definition) is 0. The van der Waals surface area contributed by atoms with Crippen molar-refractivity contribution in [3.8, 4) is 0 Å². The van der Waals surface area contributed by atoms with Crippen LogP contribution in [0.25, 0.3) is 0 Å². The van der Waals surface area contributed by atoms with Gasteiger partial charge in [-0.2, -0.15) is 0 Å². The van der Waals surface area contributed by atoms with Crippen molar-refractivity contribution in [2.24, 2.45) is 0 Å². The van der Waals surface area contributed by atoms with Crippen molar-refractivity contribution in [1.82, 2.24) is 0 Å². The second-order valence-electron chi connectivity index (χ2n) is 12.3. The molecule has 2 rings (SSSR count). The molecule has 173 valence electrons. The first-order valence-corrected chi connectivity index (χ1v) is 21.7. The molecule has 0 aromatic carbocycles.